The van der Waals surface area contributed by atoms with Crippen LogP contribution >= 0.6 is 11.8 Å². The molecule has 1 heterocycles. The molecule has 0 aromatic rings. The molecule has 6 nitrogen and oxygen atoms in total. The van der Waals surface area contributed by atoms with E-state index in [-0.39, 0.29) is 12.0 Å². The fourth-order valence-corrected chi connectivity index (χ4v) is 2.32. The molecule has 1 fully saturated rings. The zero-order valence-electron chi connectivity index (χ0n) is 9.44. The molecule has 0 radical (unpaired) electrons. The minimum atomic E-state index is -1.31. The van der Waals surface area contributed by atoms with Crippen molar-refractivity contribution in [1.82, 2.24) is 0 Å². The second kappa shape index (κ2) is 5.83. The first-order valence-corrected chi connectivity index (χ1v) is 6.37. The molecular formula is C10H17NO5S. The molecule has 0 aliphatic carbocycles. The lowest BCUT2D eigenvalue weighted by molar-refractivity contribution is -0.197. The van der Waals surface area contributed by atoms with Crippen molar-refractivity contribution in [2.75, 3.05) is 6.26 Å². The monoisotopic (exact) mass is 263 g/mol. The first-order valence-electron chi connectivity index (χ1n) is 5.08. The van der Waals surface area contributed by atoms with Gasteiger partial charge in [0.1, 0.15) is 23.7 Å². The van der Waals surface area contributed by atoms with Gasteiger partial charge in [-0.15, -0.1) is 11.8 Å². The van der Waals surface area contributed by atoms with Crippen molar-refractivity contribution in [3.8, 4) is 0 Å². The van der Waals surface area contributed by atoms with E-state index in [0.717, 1.165) is 0 Å². The van der Waals surface area contributed by atoms with E-state index in [0.29, 0.717) is 0 Å². The summed E-state index contributed by atoms with van der Waals surface area (Å²) in [4.78, 5) is 10.8. The highest BCUT2D eigenvalue weighted by molar-refractivity contribution is 7.99. The SMILES string of the molecule is C=C(CC1OC(SC)C(O)C(O)C1O)C(N)=O. The summed E-state index contributed by atoms with van der Waals surface area (Å²) in [6.07, 6.45) is -2.82. The molecule has 1 aliphatic heterocycles. The summed E-state index contributed by atoms with van der Waals surface area (Å²) in [5.74, 6) is -0.679. The molecule has 1 saturated heterocycles. The minimum absolute atomic E-state index is 0.0251. The summed E-state index contributed by atoms with van der Waals surface area (Å²) in [7, 11) is 0. The van der Waals surface area contributed by atoms with Gasteiger partial charge in [0.05, 0.1) is 6.10 Å². The standard InChI is InChI=1S/C10H17NO5S/c1-4(9(11)15)3-5-6(12)7(13)8(14)10(16-5)17-2/h5-8,10,12-14H,1,3H2,2H3,(H2,11,15). The Kier molecular flexibility index (Phi) is 4.96. The van der Waals surface area contributed by atoms with Crippen LogP contribution in [-0.2, 0) is 9.53 Å². The predicted octanol–water partition coefficient (Wildman–Crippen LogP) is -1.41. The molecule has 7 heteroatoms. The number of hydrogen-bond donors (Lipinski definition) is 4. The van der Waals surface area contributed by atoms with Gasteiger partial charge < -0.3 is 25.8 Å². The van der Waals surface area contributed by atoms with E-state index in [9.17, 15) is 20.1 Å². The van der Waals surface area contributed by atoms with Crippen LogP contribution in [-0.4, -0.2) is 57.3 Å². The molecule has 0 saturated carbocycles. The number of nitrogens with two attached hydrogens (primary N) is 1. The quantitative estimate of drug-likeness (QED) is 0.463. The molecule has 1 amide bonds. The van der Waals surface area contributed by atoms with Crippen LogP contribution in [0.2, 0.25) is 0 Å². The van der Waals surface area contributed by atoms with Crippen molar-refractivity contribution in [2.45, 2.75) is 36.3 Å². The lowest BCUT2D eigenvalue weighted by Crippen LogP contribution is -2.56. The van der Waals surface area contributed by atoms with Crippen molar-refractivity contribution in [2.24, 2.45) is 5.73 Å². The molecule has 5 unspecified atom stereocenters. The lowest BCUT2D eigenvalue weighted by atomic mass is 9.95. The lowest BCUT2D eigenvalue weighted by Gasteiger charge is -2.40. The molecule has 5 N–H and O–H groups in total. The van der Waals surface area contributed by atoms with E-state index in [4.69, 9.17) is 10.5 Å². The Bertz CT molecular complexity index is 309. The number of amides is 1. The number of thioether (sulfide) groups is 1. The third-order valence-electron chi connectivity index (χ3n) is 2.70. The van der Waals surface area contributed by atoms with E-state index in [1.165, 1.54) is 11.8 Å². The van der Waals surface area contributed by atoms with Crippen LogP contribution in [0.25, 0.3) is 0 Å². The van der Waals surface area contributed by atoms with Crippen LogP contribution in [0.3, 0.4) is 0 Å². The molecule has 1 rings (SSSR count). The molecule has 0 aromatic heterocycles. The number of primary amides is 1. The van der Waals surface area contributed by atoms with Crippen molar-refractivity contribution in [3.05, 3.63) is 12.2 Å². The predicted molar refractivity (Wildman–Crippen MR) is 63.1 cm³/mol. The van der Waals surface area contributed by atoms with Crippen LogP contribution in [0, 0.1) is 0 Å². The van der Waals surface area contributed by atoms with Gasteiger partial charge in [-0.2, -0.15) is 0 Å². The van der Waals surface area contributed by atoms with Gasteiger partial charge in [0.25, 0.3) is 0 Å². The van der Waals surface area contributed by atoms with Crippen LogP contribution in [0.1, 0.15) is 6.42 Å². The molecule has 1 aliphatic rings. The molecule has 5 atom stereocenters. The number of ether oxygens (including phenoxy) is 1. The second-order valence-electron chi connectivity index (χ2n) is 3.92. The van der Waals surface area contributed by atoms with E-state index >= 15 is 0 Å². The van der Waals surface area contributed by atoms with Crippen molar-refractivity contribution >= 4 is 17.7 Å². The van der Waals surface area contributed by atoms with Crippen LogP contribution < -0.4 is 5.73 Å². The summed E-state index contributed by atoms with van der Waals surface area (Å²) in [6.45, 7) is 3.46. The van der Waals surface area contributed by atoms with Gasteiger partial charge in [-0.3, -0.25) is 4.79 Å². The van der Waals surface area contributed by atoms with E-state index in [1.807, 2.05) is 0 Å². The van der Waals surface area contributed by atoms with Crippen LogP contribution in [0.15, 0.2) is 12.2 Å². The van der Waals surface area contributed by atoms with Crippen molar-refractivity contribution in [1.29, 1.82) is 0 Å². The number of hydrogen-bond acceptors (Lipinski definition) is 6. The topological polar surface area (TPSA) is 113 Å². The Hall–Kier alpha value is -0.600. The highest BCUT2D eigenvalue weighted by Gasteiger charge is 2.43. The maximum atomic E-state index is 10.8. The first-order chi connectivity index (χ1) is 7.88. The molecule has 0 bridgehead atoms. The van der Waals surface area contributed by atoms with Crippen molar-refractivity contribution < 1.29 is 24.9 Å². The van der Waals surface area contributed by atoms with Crippen LogP contribution in [0.4, 0.5) is 0 Å². The average Bonchev–Trinajstić information content (AvgIpc) is 2.29. The maximum Gasteiger partial charge on any atom is 0.244 e. The smallest absolute Gasteiger partial charge is 0.244 e. The van der Waals surface area contributed by atoms with Gasteiger partial charge in [0.2, 0.25) is 5.91 Å². The summed E-state index contributed by atoms with van der Waals surface area (Å²) in [6, 6.07) is 0. The van der Waals surface area contributed by atoms with Gasteiger partial charge in [-0.1, -0.05) is 6.58 Å². The summed E-state index contributed by atoms with van der Waals surface area (Å²) >= 11 is 1.21. The largest absolute Gasteiger partial charge is 0.388 e. The van der Waals surface area contributed by atoms with E-state index < -0.39 is 35.8 Å². The molecule has 98 valence electrons. The highest BCUT2D eigenvalue weighted by Crippen LogP contribution is 2.29. The van der Waals surface area contributed by atoms with Gasteiger partial charge in [-0.25, -0.2) is 0 Å². The Morgan fingerprint density at radius 2 is 1.94 bits per heavy atom. The van der Waals surface area contributed by atoms with Crippen LogP contribution in [0.5, 0.6) is 0 Å². The fraction of sp³-hybridized carbons (Fsp3) is 0.700. The minimum Gasteiger partial charge on any atom is -0.388 e. The van der Waals surface area contributed by atoms with E-state index in [1.54, 1.807) is 6.26 Å². The third kappa shape index (κ3) is 3.20. The van der Waals surface area contributed by atoms with Gasteiger partial charge in [0.15, 0.2) is 0 Å². The first kappa shape index (κ1) is 14.5. The molecule has 17 heavy (non-hydrogen) atoms. The molecule has 0 spiro atoms. The average molecular weight is 263 g/mol. The Balaban J connectivity index is 2.72. The molecular weight excluding hydrogens is 246 g/mol. The van der Waals surface area contributed by atoms with E-state index in [2.05, 4.69) is 6.58 Å². The Labute approximate surface area is 103 Å². The maximum absolute atomic E-state index is 10.8. The van der Waals surface area contributed by atoms with Gasteiger partial charge in [0, 0.05) is 12.0 Å². The number of carbonyl (C=O) groups is 1. The summed E-state index contributed by atoms with van der Waals surface area (Å²) in [5, 5.41) is 28.9. The summed E-state index contributed by atoms with van der Waals surface area (Å²) in [5.41, 5.74) is 4.49. The summed E-state index contributed by atoms with van der Waals surface area (Å²) < 4.78 is 5.39. The normalized spacial score (nSPS) is 37.8. The third-order valence-corrected chi connectivity index (χ3v) is 3.55. The highest BCUT2D eigenvalue weighted by atomic mass is 32.2. The zero-order chi connectivity index (χ0) is 13.2. The number of rotatable bonds is 4. The van der Waals surface area contributed by atoms with Gasteiger partial charge >= 0.3 is 0 Å². The number of carbonyl (C=O) groups excluding carboxylic acids is 1. The number of aliphatic hydroxyl groups excluding tert-OH is 3. The Morgan fingerprint density at radius 1 is 1.35 bits per heavy atom. The number of aliphatic hydroxyl groups is 3. The van der Waals surface area contributed by atoms with Crippen molar-refractivity contribution in [3.63, 3.8) is 0 Å². The zero-order valence-corrected chi connectivity index (χ0v) is 10.3. The Morgan fingerprint density at radius 3 is 2.41 bits per heavy atom. The fourth-order valence-electron chi connectivity index (χ4n) is 1.62. The second-order valence-corrected chi connectivity index (χ2v) is 4.86. The molecule has 0 aromatic carbocycles. The van der Waals surface area contributed by atoms with Gasteiger partial charge in [-0.05, 0) is 6.26 Å².